The van der Waals surface area contributed by atoms with Crippen LogP contribution in [0.4, 0.5) is 0 Å². The van der Waals surface area contributed by atoms with Gasteiger partial charge in [0, 0.05) is 26.0 Å². The molecule has 0 bridgehead atoms. The van der Waals surface area contributed by atoms with Gasteiger partial charge in [0.2, 0.25) is 0 Å². The van der Waals surface area contributed by atoms with E-state index in [1.54, 1.807) is 4.68 Å². The van der Waals surface area contributed by atoms with E-state index < -0.39 is 0 Å². The largest absolute Gasteiger partial charge is 0.275 e. The van der Waals surface area contributed by atoms with Gasteiger partial charge in [-0.2, -0.15) is 10.2 Å². The third-order valence-electron chi connectivity index (χ3n) is 2.74. The standard InChI is InChI=1S/C11H18N6/c1-3-17-8-9(7-13-17)6-11(14-12)10-4-5-16(2)15-10/h4-5,7-8,11,14H,3,6,12H2,1-2H3. The predicted octanol–water partition coefficient (Wildman–Crippen LogP) is 0.384. The molecule has 2 heterocycles. The van der Waals surface area contributed by atoms with Crippen LogP contribution in [-0.2, 0) is 20.0 Å². The molecule has 0 aliphatic carbocycles. The highest BCUT2D eigenvalue weighted by atomic mass is 15.3. The van der Waals surface area contributed by atoms with Gasteiger partial charge < -0.3 is 0 Å². The minimum atomic E-state index is 0.0192. The van der Waals surface area contributed by atoms with Gasteiger partial charge in [-0.1, -0.05) is 0 Å². The zero-order valence-corrected chi connectivity index (χ0v) is 10.2. The number of rotatable bonds is 5. The third kappa shape index (κ3) is 2.72. The molecule has 0 aliphatic heterocycles. The van der Waals surface area contributed by atoms with Crippen molar-refractivity contribution < 1.29 is 0 Å². The molecule has 3 N–H and O–H groups in total. The number of aromatic nitrogens is 4. The Morgan fingerprint density at radius 2 is 2.35 bits per heavy atom. The lowest BCUT2D eigenvalue weighted by molar-refractivity contribution is 0.529. The average molecular weight is 234 g/mol. The quantitative estimate of drug-likeness (QED) is 0.579. The van der Waals surface area contributed by atoms with Gasteiger partial charge in [-0.25, -0.2) is 0 Å². The Hall–Kier alpha value is -1.66. The van der Waals surface area contributed by atoms with Crippen LogP contribution in [0.5, 0.6) is 0 Å². The van der Waals surface area contributed by atoms with Crippen LogP contribution in [0, 0.1) is 0 Å². The molecule has 1 atom stereocenters. The smallest absolute Gasteiger partial charge is 0.0810 e. The molecule has 0 fully saturated rings. The van der Waals surface area contributed by atoms with Crippen molar-refractivity contribution >= 4 is 0 Å². The number of hydrogen-bond donors (Lipinski definition) is 2. The minimum absolute atomic E-state index is 0.0192. The molecule has 0 aliphatic rings. The van der Waals surface area contributed by atoms with Crippen LogP contribution in [0.1, 0.15) is 24.2 Å². The molecule has 0 aromatic carbocycles. The lowest BCUT2D eigenvalue weighted by Crippen LogP contribution is -2.30. The minimum Gasteiger partial charge on any atom is -0.275 e. The second-order valence-corrected chi connectivity index (χ2v) is 4.04. The van der Waals surface area contributed by atoms with Crippen molar-refractivity contribution in [3.8, 4) is 0 Å². The molecule has 6 heteroatoms. The lowest BCUT2D eigenvalue weighted by atomic mass is 10.1. The Balaban J connectivity index is 2.09. The van der Waals surface area contributed by atoms with Crippen molar-refractivity contribution in [2.75, 3.05) is 0 Å². The molecule has 0 spiro atoms. The maximum Gasteiger partial charge on any atom is 0.0810 e. The second kappa shape index (κ2) is 5.11. The van der Waals surface area contributed by atoms with Gasteiger partial charge in [0.15, 0.2) is 0 Å². The monoisotopic (exact) mass is 234 g/mol. The molecule has 2 rings (SSSR count). The second-order valence-electron chi connectivity index (χ2n) is 4.04. The van der Waals surface area contributed by atoms with Gasteiger partial charge in [-0.15, -0.1) is 0 Å². The van der Waals surface area contributed by atoms with Gasteiger partial charge in [0.25, 0.3) is 0 Å². The number of hydrogen-bond acceptors (Lipinski definition) is 4. The van der Waals surface area contributed by atoms with E-state index in [2.05, 4.69) is 22.5 Å². The van der Waals surface area contributed by atoms with Gasteiger partial charge in [-0.3, -0.25) is 20.6 Å². The van der Waals surface area contributed by atoms with Crippen molar-refractivity contribution in [3.05, 3.63) is 35.9 Å². The Kier molecular flexibility index (Phi) is 3.55. The number of hydrazine groups is 1. The number of nitrogens with zero attached hydrogens (tertiary/aromatic N) is 4. The fourth-order valence-corrected chi connectivity index (χ4v) is 1.79. The van der Waals surface area contributed by atoms with Gasteiger partial charge >= 0.3 is 0 Å². The average Bonchev–Trinajstić information content (AvgIpc) is 2.94. The molecule has 92 valence electrons. The molecule has 1 unspecified atom stereocenters. The van der Waals surface area contributed by atoms with E-state index in [1.807, 2.05) is 36.4 Å². The van der Waals surface area contributed by atoms with Gasteiger partial charge in [0.1, 0.15) is 0 Å². The van der Waals surface area contributed by atoms with E-state index in [1.165, 1.54) is 0 Å². The summed E-state index contributed by atoms with van der Waals surface area (Å²) in [5, 5.41) is 8.60. The molecule has 17 heavy (non-hydrogen) atoms. The highest BCUT2D eigenvalue weighted by molar-refractivity contribution is 5.13. The van der Waals surface area contributed by atoms with E-state index in [9.17, 15) is 0 Å². The summed E-state index contributed by atoms with van der Waals surface area (Å²) >= 11 is 0. The van der Waals surface area contributed by atoms with E-state index in [4.69, 9.17) is 5.84 Å². The summed E-state index contributed by atoms with van der Waals surface area (Å²) in [7, 11) is 1.90. The number of aryl methyl sites for hydroxylation is 2. The van der Waals surface area contributed by atoms with Crippen LogP contribution in [0.15, 0.2) is 24.7 Å². The van der Waals surface area contributed by atoms with Crippen molar-refractivity contribution in [3.63, 3.8) is 0 Å². The van der Waals surface area contributed by atoms with Gasteiger partial charge in [-0.05, 0) is 25.0 Å². The summed E-state index contributed by atoms with van der Waals surface area (Å²) in [6.07, 6.45) is 6.60. The fourth-order valence-electron chi connectivity index (χ4n) is 1.79. The summed E-state index contributed by atoms with van der Waals surface area (Å²) in [5.74, 6) is 5.57. The third-order valence-corrected chi connectivity index (χ3v) is 2.74. The van der Waals surface area contributed by atoms with Crippen LogP contribution in [0.2, 0.25) is 0 Å². The Bertz CT molecular complexity index is 472. The molecule has 0 saturated heterocycles. The molecule has 2 aromatic rings. The number of nitrogens with two attached hydrogens (primary N) is 1. The van der Waals surface area contributed by atoms with Crippen LogP contribution in [0.25, 0.3) is 0 Å². The molecular weight excluding hydrogens is 216 g/mol. The SMILES string of the molecule is CCn1cc(CC(NN)c2ccn(C)n2)cn1. The summed E-state index contributed by atoms with van der Waals surface area (Å²) in [6, 6.07) is 1.99. The highest BCUT2D eigenvalue weighted by Crippen LogP contribution is 2.15. The van der Waals surface area contributed by atoms with Crippen LogP contribution in [-0.4, -0.2) is 19.6 Å². The zero-order valence-electron chi connectivity index (χ0n) is 10.2. The molecular formula is C11H18N6. The van der Waals surface area contributed by atoms with Crippen molar-refractivity contribution in [2.24, 2.45) is 12.9 Å². The lowest BCUT2D eigenvalue weighted by Gasteiger charge is -2.11. The van der Waals surface area contributed by atoms with Gasteiger partial charge in [0.05, 0.1) is 17.9 Å². The van der Waals surface area contributed by atoms with E-state index in [0.717, 1.165) is 24.2 Å². The zero-order chi connectivity index (χ0) is 12.3. The van der Waals surface area contributed by atoms with E-state index in [-0.39, 0.29) is 6.04 Å². The molecule has 0 amide bonds. The Morgan fingerprint density at radius 3 is 2.88 bits per heavy atom. The number of nitrogens with one attached hydrogen (secondary N) is 1. The van der Waals surface area contributed by atoms with Crippen LogP contribution >= 0.6 is 0 Å². The van der Waals surface area contributed by atoms with Crippen molar-refractivity contribution in [1.82, 2.24) is 25.0 Å². The van der Waals surface area contributed by atoms with Crippen molar-refractivity contribution in [1.29, 1.82) is 0 Å². The first kappa shape index (κ1) is 11.8. The van der Waals surface area contributed by atoms with E-state index in [0.29, 0.717) is 0 Å². The molecule has 2 aromatic heterocycles. The normalized spacial score (nSPS) is 12.9. The Morgan fingerprint density at radius 1 is 1.53 bits per heavy atom. The van der Waals surface area contributed by atoms with Crippen LogP contribution < -0.4 is 11.3 Å². The first-order valence-electron chi connectivity index (χ1n) is 5.70. The molecule has 0 saturated carbocycles. The topological polar surface area (TPSA) is 73.7 Å². The highest BCUT2D eigenvalue weighted by Gasteiger charge is 2.14. The first-order chi connectivity index (χ1) is 8.22. The first-order valence-corrected chi connectivity index (χ1v) is 5.70. The van der Waals surface area contributed by atoms with E-state index >= 15 is 0 Å². The maximum atomic E-state index is 5.57. The summed E-state index contributed by atoms with van der Waals surface area (Å²) < 4.78 is 3.68. The predicted molar refractivity (Wildman–Crippen MR) is 64.9 cm³/mol. The fraction of sp³-hybridized carbons (Fsp3) is 0.455. The Labute approximate surface area is 100 Å². The summed E-state index contributed by atoms with van der Waals surface area (Å²) in [6.45, 7) is 2.94. The maximum absolute atomic E-state index is 5.57. The summed E-state index contributed by atoms with van der Waals surface area (Å²) in [5.41, 5.74) is 4.89. The van der Waals surface area contributed by atoms with Crippen LogP contribution in [0.3, 0.4) is 0 Å². The molecule has 0 radical (unpaired) electrons. The molecule has 6 nitrogen and oxygen atoms in total. The van der Waals surface area contributed by atoms with Crippen molar-refractivity contribution in [2.45, 2.75) is 25.9 Å². The summed E-state index contributed by atoms with van der Waals surface area (Å²) in [4.78, 5) is 0.